The molecule has 1 atom stereocenters. The Morgan fingerprint density at radius 2 is 1.20 bits per heavy atom. The summed E-state index contributed by atoms with van der Waals surface area (Å²) >= 11 is 0. The van der Waals surface area contributed by atoms with Crippen molar-refractivity contribution in [2.45, 2.75) is 46.8 Å². The van der Waals surface area contributed by atoms with Crippen LogP contribution in [0.2, 0.25) is 0 Å². The van der Waals surface area contributed by atoms with Gasteiger partial charge in [-0.3, -0.25) is 24.8 Å². The van der Waals surface area contributed by atoms with Crippen LogP contribution in [0, 0.1) is 0 Å². The first-order valence-electron chi connectivity index (χ1n) is 10.7. The third kappa shape index (κ3) is 9.72. The van der Waals surface area contributed by atoms with E-state index in [4.69, 9.17) is 0 Å². The van der Waals surface area contributed by atoms with Crippen LogP contribution in [0.3, 0.4) is 0 Å². The standard InChI is InChI=1S/C13H15N3.C10H16N2.C2H6/c1-16(10-12-6-2-4-8-14-12)11-13-7-3-5-9-15-13;1-4-12(3)9(2)10-7-5-6-8-11-10;1-2/h2-9H,10-11H2,1H3;5-9H,4H2,1-3H3;1-2H3. The number of hydrogen-bond acceptors (Lipinski definition) is 5. The molecule has 30 heavy (non-hydrogen) atoms. The molecule has 0 N–H and O–H groups in total. The quantitative estimate of drug-likeness (QED) is 0.537. The lowest BCUT2D eigenvalue weighted by Gasteiger charge is -2.22. The van der Waals surface area contributed by atoms with Gasteiger partial charge in [-0.15, -0.1) is 0 Å². The zero-order valence-electron chi connectivity index (χ0n) is 19.4. The lowest BCUT2D eigenvalue weighted by Crippen LogP contribution is -2.22. The highest BCUT2D eigenvalue weighted by Gasteiger charge is 2.09. The van der Waals surface area contributed by atoms with Crippen LogP contribution < -0.4 is 0 Å². The van der Waals surface area contributed by atoms with Gasteiger partial charge in [-0.25, -0.2) is 0 Å². The van der Waals surface area contributed by atoms with Crippen molar-refractivity contribution in [1.82, 2.24) is 24.8 Å². The van der Waals surface area contributed by atoms with E-state index in [-0.39, 0.29) is 0 Å². The first-order valence-corrected chi connectivity index (χ1v) is 10.7. The molecule has 0 bridgehead atoms. The maximum absolute atomic E-state index is 4.31. The highest BCUT2D eigenvalue weighted by atomic mass is 15.1. The van der Waals surface area contributed by atoms with E-state index in [2.05, 4.69) is 58.8 Å². The zero-order valence-corrected chi connectivity index (χ0v) is 19.4. The fourth-order valence-electron chi connectivity index (χ4n) is 2.72. The van der Waals surface area contributed by atoms with Gasteiger partial charge >= 0.3 is 0 Å². The molecule has 0 aromatic carbocycles. The van der Waals surface area contributed by atoms with Crippen LogP contribution in [0.5, 0.6) is 0 Å². The summed E-state index contributed by atoms with van der Waals surface area (Å²) in [6, 6.07) is 18.4. The summed E-state index contributed by atoms with van der Waals surface area (Å²) < 4.78 is 0. The highest BCUT2D eigenvalue weighted by Crippen LogP contribution is 2.14. The molecule has 3 aromatic rings. The molecule has 5 heteroatoms. The van der Waals surface area contributed by atoms with E-state index in [1.54, 1.807) is 0 Å². The van der Waals surface area contributed by atoms with E-state index in [0.717, 1.165) is 36.7 Å². The summed E-state index contributed by atoms with van der Waals surface area (Å²) in [5.41, 5.74) is 3.31. The van der Waals surface area contributed by atoms with E-state index in [1.165, 1.54) is 0 Å². The molecule has 3 heterocycles. The maximum atomic E-state index is 4.31. The van der Waals surface area contributed by atoms with E-state index in [9.17, 15) is 0 Å². The summed E-state index contributed by atoms with van der Waals surface area (Å²) in [7, 11) is 4.18. The van der Waals surface area contributed by atoms with Gasteiger partial charge in [0.15, 0.2) is 0 Å². The van der Waals surface area contributed by atoms with Crippen LogP contribution in [0.4, 0.5) is 0 Å². The Balaban J connectivity index is 0.000000287. The average molecular weight is 408 g/mol. The molecule has 0 saturated carbocycles. The molecule has 0 fully saturated rings. The van der Waals surface area contributed by atoms with Crippen molar-refractivity contribution < 1.29 is 0 Å². The third-order valence-electron chi connectivity index (χ3n) is 4.59. The Morgan fingerprint density at radius 1 is 0.733 bits per heavy atom. The zero-order chi connectivity index (χ0) is 22.2. The summed E-state index contributed by atoms with van der Waals surface area (Å²) in [5.74, 6) is 0. The van der Waals surface area contributed by atoms with Gasteiger partial charge in [0, 0.05) is 37.7 Å². The van der Waals surface area contributed by atoms with Crippen molar-refractivity contribution >= 4 is 0 Å². The Hall–Kier alpha value is -2.63. The largest absolute Gasteiger partial charge is 0.298 e. The predicted molar refractivity (Wildman–Crippen MR) is 126 cm³/mol. The molecular formula is C25H37N5. The minimum atomic E-state index is 0.413. The molecule has 0 radical (unpaired) electrons. The molecule has 0 amide bonds. The van der Waals surface area contributed by atoms with E-state index >= 15 is 0 Å². The number of nitrogens with zero attached hydrogens (tertiary/aromatic N) is 5. The van der Waals surface area contributed by atoms with Crippen molar-refractivity contribution in [3.05, 3.63) is 90.3 Å². The SMILES string of the molecule is CC.CCN(C)C(C)c1ccccn1.CN(Cc1ccccn1)Cc1ccccn1. The molecule has 3 rings (SSSR count). The minimum absolute atomic E-state index is 0.413. The Bertz CT molecular complexity index is 724. The number of pyridine rings is 3. The first kappa shape index (κ1) is 25.4. The Kier molecular flexibility index (Phi) is 12.9. The second kappa shape index (κ2) is 15.2. The van der Waals surface area contributed by atoms with Crippen LogP contribution in [0.25, 0.3) is 0 Å². The summed E-state index contributed by atoms with van der Waals surface area (Å²) in [4.78, 5) is 17.4. The molecule has 162 valence electrons. The molecule has 5 nitrogen and oxygen atoms in total. The van der Waals surface area contributed by atoms with E-state index in [0.29, 0.717) is 6.04 Å². The van der Waals surface area contributed by atoms with Crippen molar-refractivity contribution in [3.8, 4) is 0 Å². The maximum Gasteiger partial charge on any atom is 0.0572 e. The number of rotatable bonds is 7. The molecule has 0 aliphatic heterocycles. The van der Waals surface area contributed by atoms with Gasteiger partial charge in [-0.2, -0.15) is 0 Å². The third-order valence-corrected chi connectivity index (χ3v) is 4.59. The van der Waals surface area contributed by atoms with Crippen LogP contribution >= 0.6 is 0 Å². The lowest BCUT2D eigenvalue weighted by atomic mass is 10.2. The molecule has 3 aromatic heterocycles. The van der Waals surface area contributed by atoms with Crippen molar-refractivity contribution in [2.24, 2.45) is 0 Å². The fraction of sp³-hybridized carbons (Fsp3) is 0.400. The topological polar surface area (TPSA) is 45.2 Å². The van der Waals surface area contributed by atoms with Gasteiger partial charge in [0.25, 0.3) is 0 Å². The molecule has 1 unspecified atom stereocenters. The normalized spacial score (nSPS) is 11.2. The van der Waals surface area contributed by atoms with E-state index in [1.807, 2.05) is 81.0 Å². The van der Waals surface area contributed by atoms with Gasteiger partial charge in [-0.1, -0.05) is 39.0 Å². The molecule has 0 saturated heterocycles. The fourth-order valence-corrected chi connectivity index (χ4v) is 2.72. The molecule has 0 aliphatic rings. The smallest absolute Gasteiger partial charge is 0.0572 e. The lowest BCUT2D eigenvalue weighted by molar-refractivity contribution is 0.271. The van der Waals surface area contributed by atoms with Gasteiger partial charge in [0.2, 0.25) is 0 Å². The van der Waals surface area contributed by atoms with E-state index < -0.39 is 0 Å². The molecule has 0 spiro atoms. The number of hydrogen-bond donors (Lipinski definition) is 0. The predicted octanol–water partition coefficient (Wildman–Crippen LogP) is 5.23. The van der Waals surface area contributed by atoms with Crippen molar-refractivity contribution in [1.29, 1.82) is 0 Å². The Morgan fingerprint density at radius 3 is 1.57 bits per heavy atom. The van der Waals surface area contributed by atoms with Gasteiger partial charge < -0.3 is 0 Å². The average Bonchev–Trinajstić information content (AvgIpc) is 2.81. The first-order chi connectivity index (χ1) is 14.6. The summed E-state index contributed by atoms with van der Waals surface area (Å²) in [6.45, 7) is 11.1. The highest BCUT2D eigenvalue weighted by molar-refractivity contribution is 5.08. The Labute approximate surface area is 182 Å². The molecule has 0 aliphatic carbocycles. The number of aromatic nitrogens is 3. The van der Waals surface area contributed by atoms with Crippen molar-refractivity contribution in [2.75, 3.05) is 20.6 Å². The van der Waals surface area contributed by atoms with Gasteiger partial charge in [0.1, 0.15) is 0 Å². The van der Waals surface area contributed by atoms with Crippen LogP contribution in [-0.2, 0) is 13.1 Å². The van der Waals surface area contributed by atoms with Crippen molar-refractivity contribution in [3.63, 3.8) is 0 Å². The minimum Gasteiger partial charge on any atom is -0.298 e. The summed E-state index contributed by atoms with van der Waals surface area (Å²) in [6.07, 6.45) is 5.49. The summed E-state index contributed by atoms with van der Waals surface area (Å²) in [5, 5.41) is 0. The van der Waals surface area contributed by atoms with Crippen LogP contribution in [-0.4, -0.2) is 45.4 Å². The van der Waals surface area contributed by atoms with Crippen LogP contribution in [0.1, 0.15) is 50.8 Å². The van der Waals surface area contributed by atoms with Gasteiger partial charge in [0.05, 0.1) is 17.1 Å². The molecular weight excluding hydrogens is 370 g/mol. The second-order valence-electron chi connectivity index (χ2n) is 6.82. The van der Waals surface area contributed by atoms with Gasteiger partial charge in [-0.05, 0) is 64.0 Å². The second-order valence-corrected chi connectivity index (χ2v) is 6.82. The monoisotopic (exact) mass is 407 g/mol. The van der Waals surface area contributed by atoms with Crippen LogP contribution in [0.15, 0.2) is 73.2 Å².